The molecule has 0 aromatic carbocycles. The van der Waals surface area contributed by atoms with Gasteiger partial charge >= 0.3 is 0 Å². The molecule has 0 radical (unpaired) electrons. The van der Waals surface area contributed by atoms with Crippen LogP contribution in [0.4, 0.5) is 0 Å². The first-order valence-electron chi connectivity index (χ1n) is 4.98. The van der Waals surface area contributed by atoms with Gasteiger partial charge in [-0.25, -0.2) is 0 Å². The molecular formula is C10H16N2OS. The lowest BCUT2D eigenvalue weighted by Gasteiger charge is -2.23. The third-order valence-electron chi connectivity index (χ3n) is 2.30. The molecule has 4 heteroatoms. The summed E-state index contributed by atoms with van der Waals surface area (Å²) in [5.74, 6) is 0. The Morgan fingerprint density at radius 2 is 2.64 bits per heavy atom. The lowest BCUT2D eigenvalue weighted by molar-refractivity contribution is 0.0766. The largest absolute Gasteiger partial charge is 0.378 e. The summed E-state index contributed by atoms with van der Waals surface area (Å²) < 4.78 is 5.37. The third-order valence-corrected chi connectivity index (χ3v) is 3.03. The van der Waals surface area contributed by atoms with E-state index in [2.05, 4.69) is 27.5 Å². The molecule has 0 amide bonds. The Hall–Kier alpha value is -0.420. The van der Waals surface area contributed by atoms with Crippen molar-refractivity contribution in [2.45, 2.75) is 12.6 Å². The maximum atomic E-state index is 5.37. The van der Waals surface area contributed by atoms with Crippen LogP contribution in [0.2, 0.25) is 0 Å². The zero-order valence-corrected chi connectivity index (χ0v) is 8.98. The SMILES string of the molecule is c1cc(CNCC2COCCN2)cs1. The van der Waals surface area contributed by atoms with E-state index in [1.54, 1.807) is 11.3 Å². The fraction of sp³-hybridized carbons (Fsp3) is 0.600. The highest BCUT2D eigenvalue weighted by Gasteiger charge is 2.11. The molecule has 2 N–H and O–H groups in total. The van der Waals surface area contributed by atoms with Gasteiger partial charge in [-0.2, -0.15) is 11.3 Å². The van der Waals surface area contributed by atoms with Crippen LogP contribution in [0.3, 0.4) is 0 Å². The van der Waals surface area contributed by atoms with Crippen molar-refractivity contribution in [1.29, 1.82) is 0 Å². The second kappa shape index (κ2) is 5.46. The van der Waals surface area contributed by atoms with Gasteiger partial charge in [-0.3, -0.25) is 0 Å². The number of hydrogen-bond acceptors (Lipinski definition) is 4. The molecule has 1 saturated heterocycles. The van der Waals surface area contributed by atoms with Crippen molar-refractivity contribution in [3.63, 3.8) is 0 Å². The Bertz CT molecular complexity index is 245. The highest BCUT2D eigenvalue weighted by atomic mass is 32.1. The Balaban J connectivity index is 1.62. The van der Waals surface area contributed by atoms with E-state index in [4.69, 9.17) is 4.74 Å². The number of thiophene rings is 1. The van der Waals surface area contributed by atoms with E-state index in [0.717, 1.165) is 32.8 Å². The van der Waals surface area contributed by atoms with Crippen LogP contribution in [0.1, 0.15) is 5.56 Å². The van der Waals surface area contributed by atoms with Crippen molar-refractivity contribution in [3.05, 3.63) is 22.4 Å². The van der Waals surface area contributed by atoms with Gasteiger partial charge < -0.3 is 15.4 Å². The van der Waals surface area contributed by atoms with Crippen LogP contribution in [0, 0.1) is 0 Å². The molecule has 3 nitrogen and oxygen atoms in total. The number of hydrogen-bond donors (Lipinski definition) is 2. The van der Waals surface area contributed by atoms with E-state index >= 15 is 0 Å². The second-order valence-electron chi connectivity index (χ2n) is 3.49. The topological polar surface area (TPSA) is 33.3 Å². The van der Waals surface area contributed by atoms with Gasteiger partial charge in [0.1, 0.15) is 0 Å². The normalized spacial score (nSPS) is 22.4. The van der Waals surface area contributed by atoms with E-state index in [-0.39, 0.29) is 0 Å². The molecule has 2 heterocycles. The number of morpholine rings is 1. The third kappa shape index (κ3) is 3.06. The van der Waals surface area contributed by atoms with Gasteiger partial charge in [-0.05, 0) is 22.4 Å². The van der Waals surface area contributed by atoms with Gasteiger partial charge in [-0.1, -0.05) is 0 Å². The molecule has 1 unspecified atom stereocenters. The molecule has 14 heavy (non-hydrogen) atoms. The van der Waals surface area contributed by atoms with Crippen molar-refractivity contribution in [3.8, 4) is 0 Å². The average Bonchev–Trinajstić information content (AvgIpc) is 2.72. The predicted octanol–water partition coefficient (Wildman–Crippen LogP) is 0.826. The van der Waals surface area contributed by atoms with Crippen LogP contribution >= 0.6 is 11.3 Å². The average molecular weight is 212 g/mol. The highest BCUT2D eigenvalue weighted by molar-refractivity contribution is 7.07. The van der Waals surface area contributed by atoms with Crippen molar-refractivity contribution >= 4 is 11.3 Å². The van der Waals surface area contributed by atoms with Crippen LogP contribution < -0.4 is 10.6 Å². The Labute approximate surface area is 88.5 Å². The Morgan fingerprint density at radius 1 is 1.64 bits per heavy atom. The highest BCUT2D eigenvalue weighted by Crippen LogP contribution is 2.04. The maximum absolute atomic E-state index is 5.37. The molecule has 0 spiro atoms. The standard InChI is InChI=1S/C10H16N2OS/c1-4-14-8-9(1)5-11-6-10-7-13-3-2-12-10/h1,4,8,10-12H,2-3,5-7H2. The first-order valence-corrected chi connectivity index (χ1v) is 5.92. The molecule has 78 valence electrons. The van der Waals surface area contributed by atoms with Gasteiger partial charge in [-0.15, -0.1) is 0 Å². The van der Waals surface area contributed by atoms with E-state index < -0.39 is 0 Å². The zero-order valence-electron chi connectivity index (χ0n) is 8.16. The second-order valence-corrected chi connectivity index (χ2v) is 4.27. The molecule has 1 aromatic heterocycles. The van der Waals surface area contributed by atoms with E-state index in [9.17, 15) is 0 Å². The summed E-state index contributed by atoms with van der Waals surface area (Å²) in [4.78, 5) is 0. The summed E-state index contributed by atoms with van der Waals surface area (Å²) >= 11 is 1.75. The first-order chi connectivity index (χ1) is 6.95. The van der Waals surface area contributed by atoms with Gasteiger partial charge in [0.2, 0.25) is 0 Å². The summed E-state index contributed by atoms with van der Waals surface area (Å²) in [7, 11) is 0. The minimum Gasteiger partial charge on any atom is -0.378 e. The van der Waals surface area contributed by atoms with Crippen molar-refractivity contribution < 1.29 is 4.74 Å². The number of ether oxygens (including phenoxy) is 1. The van der Waals surface area contributed by atoms with Crippen LogP contribution in [-0.4, -0.2) is 32.3 Å². The summed E-state index contributed by atoms with van der Waals surface area (Å²) in [6.45, 7) is 4.60. The summed E-state index contributed by atoms with van der Waals surface area (Å²) in [5.41, 5.74) is 1.37. The van der Waals surface area contributed by atoms with Crippen molar-refractivity contribution in [1.82, 2.24) is 10.6 Å². The van der Waals surface area contributed by atoms with Gasteiger partial charge in [0, 0.05) is 25.7 Å². The van der Waals surface area contributed by atoms with E-state index in [1.807, 2.05) is 0 Å². The molecule has 1 aromatic rings. The molecule has 1 aliphatic rings. The van der Waals surface area contributed by atoms with E-state index in [0.29, 0.717) is 6.04 Å². The fourth-order valence-electron chi connectivity index (χ4n) is 1.53. The number of rotatable bonds is 4. The molecular weight excluding hydrogens is 196 g/mol. The Morgan fingerprint density at radius 3 is 3.36 bits per heavy atom. The summed E-state index contributed by atoms with van der Waals surface area (Å²) in [6.07, 6.45) is 0. The molecule has 0 aliphatic carbocycles. The van der Waals surface area contributed by atoms with Crippen LogP contribution in [0.15, 0.2) is 16.8 Å². The molecule has 0 saturated carbocycles. The maximum Gasteiger partial charge on any atom is 0.0632 e. The summed E-state index contributed by atoms with van der Waals surface area (Å²) in [6, 6.07) is 2.63. The summed E-state index contributed by atoms with van der Waals surface area (Å²) in [5, 5.41) is 11.1. The smallest absolute Gasteiger partial charge is 0.0632 e. The fourth-order valence-corrected chi connectivity index (χ4v) is 2.20. The van der Waals surface area contributed by atoms with Gasteiger partial charge in [0.05, 0.1) is 13.2 Å². The quantitative estimate of drug-likeness (QED) is 0.775. The lowest BCUT2D eigenvalue weighted by Crippen LogP contribution is -2.47. The molecule has 2 rings (SSSR count). The zero-order chi connectivity index (χ0) is 9.64. The molecule has 1 fully saturated rings. The van der Waals surface area contributed by atoms with Crippen LogP contribution in [0.5, 0.6) is 0 Å². The molecule has 0 bridgehead atoms. The predicted molar refractivity (Wildman–Crippen MR) is 58.6 cm³/mol. The Kier molecular flexibility index (Phi) is 3.94. The monoisotopic (exact) mass is 212 g/mol. The lowest BCUT2D eigenvalue weighted by atomic mass is 10.2. The van der Waals surface area contributed by atoms with Crippen molar-refractivity contribution in [2.24, 2.45) is 0 Å². The van der Waals surface area contributed by atoms with Gasteiger partial charge in [0.15, 0.2) is 0 Å². The molecule has 1 atom stereocenters. The van der Waals surface area contributed by atoms with Crippen LogP contribution in [-0.2, 0) is 11.3 Å². The van der Waals surface area contributed by atoms with Gasteiger partial charge in [0.25, 0.3) is 0 Å². The van der Waals surface area contributed by atoms with Crippen LogP contribution in [0.25, 0.3) is 0 Å². The van der Waals surface area contributed by atoms with E-state index in [1.165, 1.54) is 5.56 Å². The minimum atomic E-state index is 0.474. The van der Waals surface area contributed by atoms with Crippen molar-refractivity contribution in [2.75, 3.05) is 26.3 Å². The molecule has 1 aliphatic heterocycles. The number of nitrogens with one attached hydrogen (secondary N) is 2. The first kappa shape index (κ1) is 10.1. The minimum absolute atomic E-state index is 0.474.